The predicted molar refractivity (Wildman–Crippen MR) is 54.9 cm³/mol. The maximum atomic E-state index is 4.95. The second-order valence-corrected chi connectivity index (χ2v) is 3.10. The van der Waals surface area contributed by atoms with Gasteiger partial charge in [0.2, 0.25) is 0 Å². The molecule has 2 rings (SSSR count). The Morgan fingerprint density at radius 1 is 1.15 bits per heavy atom. The highest BCUT2D eigenvalue weighted by Crippen LogP contribution is 2.13. The molecule has 0 fully saturated rings. The molecule has 0 saturated heterocycles. The second-order valence-electron chi connectivity index (χ2n) is 2.66. The van der Waals surface area contributed by atoms with Gasteiger partial charge in [0.05, 0.1) is 5.69 Å². The fourth-order valence-electron chi connectivity index (χ4n) is 1.10. The molecule has 0 aliphatic rings. The number of hydrogen-bond acceptors (Lipinski definition) is 2. The molecule has 0 bridgehead atoms. The minimum atomic E-state index is 0.736. The highest BCUT2D eigenvalue weighted by Gasteiger charge is 1.94. The van der Waals surface area contributed by atoms with E-state index in [-0.39, 0.29) is 0 Å². The molecule has 64 valence electrons. The summed E-state index contributed by atoms with van der Waals surface area (Å²) in [5, 5.41) is 0. The van der Waals surface area contributed by atoms with Gasteiger partial charge in [0.25, 0.3) is 0 Å². The number of aromatic amines is 1. The molecule has 2 aromatic rings. The third-order valence-corrected chi connectivity index (χ3v) is 2.00. The summed E-state index contributed by atoms with van der Waals surface area (Å²) in [4.78, 5) is 7.20. The third kappa shape index (κ3) is 1.81. The van der Waals surface area contributed by atoms with Crippen LogP contribution >= 0.6 is 12.2 Å². The molecule has 1 N–H and O–H groups in total. The Labute approximate surface area is 81.3 Å². The second kappa shape index (κ2) is 3.49. The largest absolute Gasteiger partial charge is 0.352 e. The van der Waals surface area contributed by atoms with Gasteiger partial charge in [0.15, 0.2) is 0 Å². The number of aromatic nitrogens is 2. The Morgan fingerprint density at radius 2 is 2.08 bits per heavy atom. The number of H-pyrrole nitrogens is 1. The molecule has 0 atom stereocenters. The molecule has 3 heteroatoms. The first-order valence-corrected chi connectivity index (χ1v) is 4.37. The van der Waals surface area contributed by atoms with Gasteiger partial charge in [-0.2, -0.15) is 0 Å². The fourth-order valence-corrected chi connectivity index (χ4v) is 1.23. The first kappa shape index (κ1) is 8.13. The zero-order valence-corrected chi connectivity index (χ0v) is 7.71. The lowest BCUT2D eigenvalue weighted by Gasteiger charge is -1.98. The van der Waals surface area contributed by atoms with Crippen molar-refractivity contribution in [2.24, 2.45) is 0 Å². The molecule has 0 radical (unpaired) electrons. The van der Waals surface area contributed by atoms with Crippen molar-refractivity contribution < 1.29 is 0 Å². The Bertz CT molecular complexity index is 427. The van der Waals surface area contributed by atoms with Gasteiger partial charge in [-0.3, -0.25) is 4.98 Å². The highest BCUT2D eigenvalue weighted by molar-refractivity contribution is 7.71. The van der Waals surface area contributed by atoms with E-state index in [9.17, 15) is 0 Å². The van der Waals surface area contributed by atoms with Crippen LogP contribution in [-0.2, 0) is 0 Å². The normalized spacial score (nSPS) is 9.85. The maximum Gasteiger partial charge on any atom is 0.103 e. The van der Waals surface area contributed by atoms with E-state index in [4.69, 9.17) is 12.2 Å². The molecule has 0 saturated carbocycles. The molecule has 2 aromatic heterocycles. The lowest BCUT2D eigenvalue weighted by Crippen LogP contribution is -1.82. The molecule has 0 aliphatic heterocycles. The van der Waals surface area contributed by atoms with E-state index < -0.39 is 0 Å². The Hall–Kier alpha value is -1.48. The van der Waals surface area contributed by atoms with E-state index in [0.29, 0.717) is 0 Å². The topological polar surface area (TPSA) is 28.7 Å². The van der Waals surface area contributed by atoms with Crippen molar-refractivity contribution in [1.29, 1.82) is 0 Å². The molecule has 0 amide bonds. The summed E-state index contributed by atoms with van der Waals surface area (Å²) < 4.78 is 0.736. The lowest BCUT2D eigenvalue weighted by atomic mass is 10.2. The average molecular weight is 188 g/mol. The summed E-state index contributed by atoms with van der Waals surface area (Å²) in [6, 6.07) is 9.64. The average Bonchev–Trinajstić information content (AvgIpc) is 2.20. The van der Waals surface area contributed by atoms with E-state index in [1.165, 1.54) is 0 Å². The van der Waals surface area contributed by atoms with Gasteiger partial charge in [0.1, 0.15) is 4.64 Å². The van der Waals surface area contributed by atoms with E-state index in [2.05, 4.69) is 9.97 Å². The summed E-state index contributed by atoms with van der Waals surface area (Å²) in [5.41, 5.74) is 2.00. The first-order chi connectivity index (χ1) is 6.36. The van der Waals surface area contributed by atoms with Gasteiger partial charge in [-0.25, -0.2) is 0 Å². The number of nitrogens with zero attached hydrogens (tertiary/aromatic N) is 1. The summed E-state index contributed by atoms with van der Waals surface area (Å²) in [5.74, 6) is 0. The van der Waals surface area contributed by atoms with Crippen LogP contribution in [0.15, 0.2) is 42.7 Å². The number of rotatable bonds is 1. The van der Waals surface area contributed by atoms with Crippen LogP contribution in [0.3, 0.4) is 0 Å². The van der Waals surface area contributed by atoms with E-state index in [1.807, 2.05) is 36.5 Å². The van der Waals surface area contributed by atoms with Gasteiger partial charge < -0.3 is 4.98 Å². The summed E-state index contributed by atoms with van der Waals surface area (Å²) >= 11 is 4.95. The van der Waals surface area contributed by atoms with Crippen molar-refractivity contribution in [2.75, 3.05) is 0 Å². The van der Waals surface area contributed by atoms with Gasteiger partial charge in [-0.15, -0.1) is 0 Å². The molecule has 0 aromatic carbocycles. The molecule has 2 heterocycles. The van der Waals surface area contributed by atoms with Crippen molar-refractivity contribution in [3.05, 3.63) is 47.4 Å². The molecule has 0 spiro atoms. The van der Waals surface area contributed by atoms with Crippen molar-refractivity contribution in [1.82, 2.24) is 9.97 Å². The number of pyridine rings is 2. The predicted octanol–water partition coefficient (Wildman–Crippen LogP) is 2.81. The molecule has 2 nitrogen and oxygen atoms in total. The monoisotopic (exact) mass is 188 g/mol. The minimum Gasteiger partial charge on any atom is -0.352 e. The van der Waals surface area contributed by atoms with Crippen molar-refractivity contribution in [2.45, 2.75) is 0 Å². The van der Waals surface area contributed by atoms with Crippen molar-refractivity contribution in [3.8, 4) is 11.3 Å². The highest BCUT2D eigenvalue weighted by atomic mass is 32.1. The molecular formula is C10H8N2S. The van der Waals surface area contributed by atoms with Crippen LogP contribution in [0.5, 0.6) is 0 Å². The van der Waals surface area contributed by atoms with Crippen molar-refractivity contribution >= 4 is 12.2 Å². The van der Waals surface area contributed by atoms with Crippen LogP contribution in [0.2, 0.25) is 0 Å². The SMILES string of the molecule is S=c1ccc(-c2ccccn2)c[nH]1. The Morgan fingerprint density at radius 3 is 2.69 bits per heavy atom. The van der Waals surface area contributed by atoms with E-state index >= 15 is 0 Å². The summed E-state index contributed by atoms with van der Waals surface area (Å²) in [6.07, 6.45) is 3.64. The Kier molecular flexibility index (Phi) is 2.19. The first-order valence-electron chi connectivity index (χ1n) is 3.96. The van der Waals surface area contributed by atoms with Crippen LogP contribution in [0.25, 0.3) is 11.3 Å². The number of nitrogens with one attached hydrogen (secondary N) is 1. The van der Waals surface area contributed by atoms with Crippen LogP contribution in [-0.4, -0.2) is 9.97 Å². The minimum absolute atomic E-state index is 0.736. The molecule has 13 heavy (non-hydrogen) atoms. The third-order valence-electron chi connectivity index (χ3n) is 1.74. The maximum absolute atomic E-state index is 4.95. The zero-order chi connectivity index (χ0) is 9.10. The Balaban J connectivity index is 2.48. The summed E-state index contributed by atoms with van der Waals surface area (Å²) in [7, 11) is 0. The van der Waals surface area contributed by atoms with Crippen LogP contribution in [0.1, 0.15) is 0 Å². The van der Waals surface area contributed by atoms with E-state index in [1.54, 1.807) is 6.20 Å². The standard InChI is InChI=1S/C10H8N2S/c13-10-5-4-8(7-12-10)9-3-1-2-6-11-9/h1-7H,(H,12,13). The molecule has 0 aliphatic carbocycles. The van der Waals surface area contributed by atoms with Crippen LogP contribution < -0.4 is 0 Å². The number of hydrogen-bond donors (Lipinski definition) is 1. The van der Waals surface area contributed by atoms with Gasteiger partial charge >= 0.3 is 0 Å². The summed E-state index contributed by atoms with van der Waals surface area (Å²) in [6.45, 7) is 0. The van der Waals surface area contributed by atoms with Crippen molar-refractivity contribution in [3.63, 3.8) is 0 Å². The van der Waals surface area contributed by atoms with Crippen LogP contribution in [0.4, 0.5) is 0 Å². The van der Waals surface area contributed by atoms with Gasteiger partial charge in [-0.1, -0.05) is 18.3 Å². The molecular weight excluding hydrogens is 180 g/mol. The smallest absolute Gasteiger partial charge is 0.103 e. The molecule has 0 unspecified atom stereocenters. The van der Waals surface area contributed by atoms with Crippen LogP contribution in [0, 0.1) is 4.64 Å². The van der Waals surface area contributed by atoms with Gasteiger partial charge in [-0.05, 0) is 24.3 Å². The fraction of sp³-hybridized carbons (Fsp3) is 0. The van der Waals surface area contributed by atoms with Gasteiger partial charge in [0, 0.05) is 18.0 Å². The van der Waals surface area contributed by atoms with E-state index in [0.717, 1.165) is 15.9 Å². The zero-order valence-electron chi connectivity index (χ0n) is 6.90. The quantitative estimate of drug-likeness (QED) is 0.697. The lowest BCUT2D eigenvalue weighted by molar-refractivity contribution is 1.26.